The van der Waals surface area contributed by atoms with E-state index >= 15 is 0 Å². The van der Waals surface area contributed by atoms with Gasteiger partial charge in [0, 0.05) is 17.2 Å². The molecule has 0 fully saturated rings. The molecule has 1 amide bonds. The molecule has 1 heterocycles. The minimum atomic E-state index is -0.581. The van der Waals surface area contributed by atoms with Crippen molar-refractivity contribution >= 4 is 11.5 Å². The van der Waals surface area contributed by atoms with Crippen LogP contribution in [0.25, 0.3) is 5.57 Å². The molecule has 0 spiro atoms. The molecule has 0 bridgehead atoms. The van der Waals surface area contributed by atoms with E-state index in [9.17, 15) is 14.3 Å². The van der Waals surface area contributed by atoms with E-state index in [0.717, 1.165) is 11.1 Å². The zero-order valence-corrected chi connectivity index (χ0v) is 17.2. The standard InChI is InChI=1S/C25H22FNO4/c1-30-20-13-10-18(21(14-20)31-2)15-27-23(17-8-11-19(26)12-9-17)22(24(28)25(27)29)16-6-4-3-5-7-16/h3-14,23,28H,15H2,1-2H3. The van der Waals surface area contributed by atoms with Gasteiger partial charge in [-0.2, -0.15) is 0 Å². The van der Waals surface area contributed by atoms with Crippen LogP contribution in [0.3, 0.4) is 0 Å². The Labute approximate surface area is 180 Å². The third kappa shape index (κ3) is 3.84. The molecular formula is C25H22FNO4. The molecule has 0 radical (unpaired) electrons. The number of amides is 1. The predicted octanol–water partition coefficient (Wildman–Crippen LogP) is 4.90. The monoisotopic (exact) mass is 419 g/mol. The number of hydrogen-bond donors (Lipinski definition) is 1. The van der Waals surface area contributed by atoms with E-state index in [1.807, 2.05) is 36.4 Å². The molecule has 1 unspecified atom stereocenters. The Balaban J connectivity index is 1.80. The third-order valence-corrected chi connectivity index (χ3v) is 5.41. The molecule has 1 atom stereocenters. The van der Waals surface area contributed by atoms with Crippen LogP contribution < -0.4 is 9.47 Å². The van der Waals surface area contributed by atoms with Crippen LogP contribution in [-0.4, -0.2) is 30.1 Å². The highest BCUT2D eigenvalue weighted by Crippen LogP contribution is 2.44. The highest BCUT2D eigenvalue weighted by molar-refractivity contribution is 6.05. The van der Waals surface area contributed by atoms with Crippen LogP contribution in [0.1, 0.15) is 22.7 Å². The molecule has 0 saturated carbocycles. The van der Waals surface area contributed by atoms with Crippen LogP contribution >= 0.6 is 0 Å². The largest absolute Gasteiger partial charge is 0.503 e. The molecule has 0 aromatic heterocycles. The molecule has 3 aromatic carbocycles. The first kappa shape index (κ1) is 20.5. The van der Waals surface area contributed by atoms with E-state index in [0.29, 0.717) is 22.6 Å². The van der Waals surface area contributed by atoms with Gasteiger partial charge in [0.25, 0.3) is 5.91 Å². The summed E-state index contributed by atoms with van der Waals surface area (Å²) >= 11 is 0. The number of benzene rings is 3. The quantitative estimate of drug-likeness (QED) is 0.618. The lowest BCUT2D eigenvalue weighted by Crippen LogP contribution is -2.30. The average molecular weight is 419 g/mol. The van der Waals surface area contributed by atoms with Crippen LogP contribution in [0.4, 0.5) is 4.39 Å². The minimum Gasteiger partial charge on any atom is -0.503 e. The molecule has 3 aromatic rings. The van der Waals surface area contributed by atoms with E-state index in [2.05, 4.69) is 0 Å². The Kier molecular flexibility index (Phi) is 5.62. The van der Waals surface area contributed by atoms with Gasteiger partial charge >= 0.3 is 0 Å². The highest BCUT2D eigenvalue weighted by Gasteiger charge is 2.41. The number of ether oxygens (including phenoxy) is 2. The molecule has 1 aliphatic heterocycles. The van der Waals surface area contributed by atoms with Crippen molar-refractivity contribution in [3.05, 3.63) is 101 Å². The SMILES string of the molecule is COc1ccc(CN2C(=O)C(O)=C(c3ccccc3)C2c2ccc(F)cc2)c(OC)c1. The summed E-state index contributed by atoms with van der Waals surface area (Å²) in [5.41, 5.74) is 2.67. The summed E-state index contributed by atoms with van der Waals surface area (Å²) in [7, 11) is 3.11. The average Bonchev–Trinajstić information content (AvgIpc) is 3.05. The number of hydrogen-bond acceptors (Lipinski definition) is 4. The van der Waals surface area contributed by atoms with Crippen LogP contribution in [0.2, 0.25) is 0 Å². The molecule has 0 saturated heterocycles. The fourth-order valence-electron chi connectivity index (χ4n) is 3.89. The maximum atomic E-state index is 13.6. The zero-order valence-electron chi connectivity index (χ0n) is 17.2. The highest BCUT2D eigenvalue weighted by atomic mass is 19.1. The number of rotatable bonds is 6. The Morgan fingerprint density at radius 1 is 0.968 bits per heavy atom. The molecule has 1 N–H and O–H groups in total. The molecular weight excluding hydrogens is 397 g/mol. The van der Waals surface area contributed by atoms with Crippen LogP contribution in [0.5, 0.6) is 11.5 Å². The van der Waals surface area contributed by atoms with E-state index in [-0.39, 0.29) is 18.1 Å². The van der Waals surface area contributed by atoms with Gasteiger partial charge in [0.2, 0.25) is 0 Å². The van der Waals surface area contributed by atoms with Gasteiger partial charge in [-0.1, -0.05) is 42.5 Å². The summed E-state index contributed by atoms with van der Waals surface area (Å²) in [5.74, 6) is 0.0250. The first-order valence-corrected chi connectivity index (χ1v) is 9.79. The first-order chi connectivity index (χ1) is 15.0. The Hall–Kier alpha value is -3.80. The number of halogens is 1. The second-order valence-corrected chi connectivity index (χ2v) is 7.19. The summed E-state index contributed by atoms with van der Waals surface area (Å²) in [4.78, 5) is 14.7. The van der Waals surface area contributed by atoms with Gasteiger partial charge in [0.1, 0.15) is 17.3 Å². The summed E-state index contributed by atoms with van der Waals surface area (Å²) in [5, 5.41) is 10.8. The Bertz CT molecular complexity index is 1130. The van der Waals surface area contributed by atoms with Crippen molar-refractivity contribution in [2.45, 2.75) is 12.6 Å². The number of methoxy groups -OCH3 is 2. The van der Waals surface area contributed by atoms with Gasteiger partial charge in [0.15, 0.2) is 5.76 Å². The van der Waals surface area contributed by atoms with Crippen molar-refractivity contribution in [3.8, 4) is 11.5 Å². The summed E-state index contributed by atoms with van der Waals surface area (Å²) in [6.45, 7) is 0.189. The molecule has 4 rings (SSSR count). The van der Waals surface area contributed by atoms with Gasteiger partial charge in [-0.05, 0) is 35.4 Å². The lowest BCUT2D eigenvalue weighted by molar-refractivity contribution is -0.130. The summed E-state index contributed by atoms with van der Waals surface area (Å²) in [6.07, 6.45) is 0. The third-order valence-electron chi connectivity index (χ3n) is 5.41. The fourth-order valence-corrected chi connectivity index (χ4v) is 3.89. The Morgan fingerprint density at radius 2 is 1.68 bits per heavy atom. The number of carbonyl (C=O) groups excluding carboxylic acids is 1. The van der Waals surface area contributed by atoms with Gasteiger partial charge in [-0.3, -0.25) is 4.79 Å². The maximum absolute atomic E-state index is 13.6. The maximum Gasteiger partial charge on any atom is 0.290 e. The second-order valence-electron chi connectivity index (χ2n) is 7.19. The predicted molar refractivity (Wildman–Crippen MR) is 115 cm³/mol. The number of aliphatic hydroxyl groups excluding tert-OH is 1. The molecule has 158 valence electrons. The molecule has 0 aliphatic carbocycles. The number of aliphatic hydroxyl groups is 1. The lowest BCUT2D eigenvalue weighted by Gasteiger charge is -2.28. The molecule has 6 heteroatoms. The second kappa shape index (κ2) is 8.52. The van der Waals surface area contributed by atoms with Crippen molar-refractivity contribution < 1.29 is 23.8 Å². The zero-order chi connectivity index (χ0) is 22.0. The van der Waals surface area contributed by atoms with Crippen molar-refractivity contribution in [2.75, 3.05) is 14.2 Å². The molecule has 5 nitrogen and oxygen atoms in total. The van der Waals surface area contributed by atoms with Crippen LogP contribution in [0.15, 0.2) is 78.6 Å². The van der Waals surface area contributed by atoms with Crippen molar-refractivity contribution in [2.24, 2.45) is 0 Å². The van der Waals surface area contributed by atoms with Crippen molar-refractivity contribution in [1.82, 2.24) is 4.90 Å². The smallest absolute Gasteiger partial charge is 0.290 e. The summed E-state index contributed by atoms with van der Waals surface area (Å²) < 4.78 is 24.3. The van der Waals surface area contributed by atoms with Gasteiger partial charge < -0.3 is 19.5 Å². The van der Waals surface area contributed by atoms with E-state index in [4.69, 9.17) is 9.47 Å². The topological polar surface area (TPSA) is 59.0 Å². The lowest BCUT2D eigenvalue weighted by atomic mass is 9.93. The van der Waals surface area contributed by atoms with E-state index in [1.165, 1.54) is 12.1 Å². The van der Waals surface area contributed by atoms with Gasteiger partial charge in [-0.15, -0.1) is 0 Å². The molecule has 1 aliphatic rings. The minimum absolute atomic E-state index is 0.189. The van der Waals surface area contributed by atoms with Crippen molar-refractivity contribution in [3.63, 3.8) is 0 Å². The van der Waals surface area contributed by atoms with E-state index < -0.39 is 11.9 Å². The Morgan fingerprint density at radius 3 is 2.32 bits per heavy atom. The number of nitrogens with zero attached hydrogens (tertiary/aromatic N) is 1. The van der Waals surface area contributed by atoms with Crippen LogP contribution in [-0.2, 0) is 11.3 Å². The van der Waals surface area contributed by atoms with E-state index in [1.54, 1.807) is 43.4 Å². The van der Waals surface area contributed by atoms with Gasteiger partial charge in [0.05, 0.1) is 26.8 Å². The van der Waals surface area contributed by atoms with Gasteiger partial charge in [-0.25, -0.2) is 4.39 Å². The van der Waals surface area contributed by atoms with Crippen LogP contribution in [0, 0.1) is 5.82 Å². The first-order valence-electron chi connectivity index (χ1n) is 9.79. The number of carbonyl (C=O) groups is 1. The fraction of sp³-hybridized carbons (Fsp3) is 0.160. The normalized spacial score (nSPS) is 16.0. The molecule has 31 heavy (non-hydrogen) atoms. The van der Waals surface area contributed by atoms with Crippen molar-refractivity contribution in [1.29, 1.82) is 0 Å². The summed E-state index contributed by atoms with van der Waals surface area (Å²) in [6, 6.07) is 20.0.